The predicted octanol–water partition coefficient (Wildman–Crippen LogP) is 5.14. The van der Waals surface area contributed by atoms with Gasteiger partial charge in [-0.05, 0) is 31.9 Å². The number of ketones is 1. The Hall–Kier alpha value is -2.91. The van der Waals surface area contributed by atoms with Crippen LogP contribution in [0.25, 0.3) is 0 Å². The van der Waals surface area contributed by atoms with Crippen LogP contribution in [0.5, 0.6) is 5.75 Å². The number of Topliss-reactive ketones (excluding diaryl/α,β-unsaturated/α-hetero) is 1. The van der Waals surface area contributed by atoms with Crippen molar-refractivity contribution in [3.8, 4) is 5.75 Å². The van der Waals surface area contributed by atoms with E-state index >= 15 is 0 Å². The van der Waals surface area contributed by atoms with Gasteiger partial charge in [0.25, 0.3) is 0 Å². The van der Waals surface area contributed by atoms with E-state index in [4.69, 9.17) is 9.15 Å². The number of rotatable bonds is 9. The average molecular weight is 480 g/mol. The standard InChI is InChI=1S/C17H23NO6.C7H10OS/c1-10(2)15(20)14-12(19)9-13(24-16(14)21)11(3)7-5-6-8-18-17(22)23-4;1-6-3-4-7(9-6)5-8-2/h6,8-11,19H,5,7H2,1-4H3,(H,18,22);3-4H,5H2,1-2H3/b8-6+;. The summed E-state index contributed by atoms with van der Waals surface area (Å²) < 4.78 is 14.6. The van der Waals surface area contributed by atoms with Gasteiger partial charge in [-0.15, -0.1) is 11.3 Å². The highest BCUT2D eigenvalue weighted by Crippen LogP contribution is 2.25. The SMILES string of the molecule is COC(=O)N/C=C/CCC(C)c1cc(O)c(C(=O)C(C)C)c(=O)o1.COCc1ccc(C)s1. The first-order valence-corrected chi connectivity index (χ1v) is 11.4. The second kappa shape index (κ2) is 14.3. The molecular weight excluding hydrogens is 446 g/mol. The van der Waals surface area contributed by atoms with E-state index in [2.05, 4.69) is 29.1 Å². The van der Waals surface area contributed by atoms with Crippen molar-refractivity contribution >= 4 is 23.2 Å². The van der Waals surface area contributed by atoms with E-state index in [9.17, 15) is 19.5 Å². The lowest BCUT2D eigenvalue weighted by atomic mass is 9.99. The molecule has 0 aliphatic heterocycles. The summed E-state index contributed by atoms with van der Waals surface area (Å²) in [6, 6.07) is 5.53. The highest BCUT2D eigenvalue weighted by Gasteiger charge is 2.22. The van der Waals surface area contributed by atoms with Crippen LogP contribution >= 0.6 is 11.3 Å². The number of aryl methyl sites for hydroxylation is 1. The highest BCUT2D eigenvalue weighted by atomic mass is 32.1. The molecule has 1 unspecified atom stereocenters. The fraction of sp³-hybridized carbons (Fsp3) is 0.458. The van der Waals surface area contributed by atoms with E-state index < -0.39 is 23.4 Å². The third-order valence-corrected chi connectivity index (χ3v) is 5.53. The van der Waals surface area contributed by atoms with Crippen LogP contribution in [0.15, 0.2) is 39.7 Å². The quantitative estimate of drug-likeness (QED) is 0.479. The Morgan fingerprint density at radius 2 is 1.94 bits per heavy atom. The van der Waals surface area contributed by atoms with Crippen molar-refractivity contribution in [3.63, 3.8) is 0 Å². The Morgan fingerprint density at radius 1 is 1.24 bits per heavy atom. The van der Waals surface area contributed by atoms with Gasteiger partial charge in [0.15, 0.2) is 5.78 Å². The summed E-state index contributed by atoms with van der Waals surface area (Å²) >= 11 is 1.79. The molecule has 9 heteroatoms. The van der Waals surface area contributed by atoms with E-state index in [0.717, 1.165) is 6.61 Å². The van der Waals surface area contributed by atoms with Gasteiger partial charge in [-0.25, -0.2) is 9.59 Å². The maximum atomic E-state index is 12.0. The summed E-state index contributed by atoms with van der Waals surface area (Å²) in [6.07, 6.45) is 3.89. The van der Waals surface area contributed by atoms with Crippen molar-refractivity contribution in [2.24, 2.45) is 5.92 Å². The number of carbonyl (C=O) groups excluding carboxylic acids is 2. The Kier molecular flexibility index (Phi) is 12.2. The fourth-order valence-corrected chi connectivity index (χ4v) is 3.58. The molecule has 0 fully saturated rings. The monoisotopic (exact) mass is 479 g/mol. The first-order chi connectivity index (χ1) is 15.6. The van der Waals surface area contributed by atoms with Crippen LogP contribution in [0.4, 0.5) is 4.79 Å². The number of aromatic hydroxyl groups is 1. The van der Waals surface area contributed by atoms with Crippen molar-refractivity contribution in [1.82, 2.24) is 5.32 Å². The van der Waals surface area contributed by atoms with Crippen LogP contribution < -0.4 is 10.9 Å². The van der Waals surface area contributed by atoms with Crippen molar-refractivity contribution in [2.75, 3.05) is 14.2 Å². The largest absolute Gasteiger partial charge is 0.507 e. The van der Waals surface area contributed by atoms with E-state index in [-0.39, 0.29) is 17.2 Å². The third-order valence-electron chi connectivity index (χ3n) is 4.56. The van der Waals surface area contributed by atoms with Gasteiger partial charge in [0.2, 0.25) is 0 Å². The topological polar surface area (TPSA) is 115 Å². The van der Waals surface area contributed by atoms with Gasteiger partial charge in [-0.1, -0.05) is 26.8 Å². The zero-order valence-corrected chi connectivity index (χ0v) is 20.8. The molecule has 0 saturated carbocycles. The van der Waals surface area contributed by atoms with Crippen LogP contribution in [-0.2, 0) is 16.1 Å². The molecule has 33 heavy (non-hydrogen) atoms. The molecule has 0 aliphatic rings. The number of methoxy groups -OCH3 is 2. The number of carbonyl (C=O) groups is 2. The van der Waals surface area contributed by atoms with Crippen LogP contribution in [-0.4, -0.2) is 31.2 Å². The molecule has 0 bridgehead atoms. The molecule has 0 saturated heterocycles. The lowest BCUT2D eigenvalue weighted by Gasteiger charge is -2.11. The number of ether oxygens (including phenoxy) is 2. The number of amides is 1. The molecule has 2 rings (SSSR count). The summed E-state index contributed by atoms with van der Waals surface area (Å²) in [4.78, 5) is 37.4. The van der Waals surface area contributed by atoms with Gasteiger partial charge in [-0.3, -0.25) is 10.1 Å². The van der Waals surface area contributed by atoms with Gasteiger partial charge in [-0.2, -0.15) is 0 Å². The molecule has 0 aromatic carbocycles. The van der Waals surface area contributed by atoms with E-state index in [1.54, 1.807) is 38.4 Å². The minimum atomic E-state index is -0.821. The van der Waals surface area contributed by atoms with Gasteiger partial charge in [0.1, 0.15) is 17.1 Å². The molecular formula is C24H33NO7S. The smallest absolute Gasteiger partial charge is 0.410 e. The van der Waals surface area contributed by atoms with E-state index in [1.807, 2.05) is 6.92 Å². The second-order valence-electron chi connectivity index (χ2n) is 7.68. The first-order valence-electron chi connectivity index (χ1n) is 10.6. The Bertz CT molecular complexity index is 991. The molecule has 1 amide bonds. The molecule has 8 nitrogen and oxygen atoms in total. The second-order valence-corrected chi connectivity index (χ2v) is 9.05. The Balaban J connectivity index is 0.000000502. The van der Waals surface area contributed by atoms with Crippen molar-refractivity contribution in [3.05, 3.63) is 62.0 Å². The van der Waals surface area contributed by atoms with Gasteiger partial charge in [0, 0.05) is 41.0 Å². The predicted molar refractivity (Wildman–Crippen MR) is 128 cm³/mol. The summed E-state index contributed by atoms with van der Waals surface area (Å²) in [5.41, 5.74) is -1.12. The molecule has 182 valence electrons. The van der Waals surface area contributed by atoms with Crippen LogP contribution in [0.3, 0.4) is 0 Å². The minimum Gasteiger partial charge on any atom is -0.507 e. The van der Waals surface area contributed by atoms with E-state index in [0.29, 0.717) is 18.6 Å². The number of nitrogens with one attached hydrogen (secondary N) is 1. The lowest BCUT2D eigenvalue weighted by Crippen LogP contribution is -2.19. The number of hydrogen-bond donors (Lipinski definition) is 2. The molecule has 2 aromatic heterocycles. The maximum Gasteiger partial charge on any atom is 0.410 e. The molecule has 2 heterocycles. The fourth-order valence-electron chi connectivity index (χ4n) is 2.72. The summed E-state index contributed by atoms with van der Waals surface area (Å²) in [5.74, 6) is -1.04. The Morgan fingerprint density at radius 3 is 2.45 bits per heavy atom. The van der Waals surface area contributed by atoms with Gasteiger partial charge >= 0.3 is 11.7 Å². The molecule has 0 radical (unpaired) electrons. The third kappa shape index (κ3) is 9.63. The average Bonchev–Trinajstić information content (AvgIpc) is 3.17. The van der Waals surface area contributed by atoms with Crippen molar-refractivity contribution in [2.45, 2.75) is 53.1 Å². The van der Waals surface area contributed by atoms with E-state index in [1.165, 1.54) is 29.1 Å². The number of hydrogen-bond acceptors (Lipinski definition) is 8. The van der Waals surface area contributed by atoms with Crippen LogP contribution in [0, 0.1) is 12.8 Å². The summed E-state index contributed by atoms with van der Waals surface area (Å²) in [6.45, 7) is 7.98. The molecule has 2 aromatic rings. The molecule has 0 spiro atoms. The highest BCUT2D eigenvalue weighted by molar-refractivity contribution is 7.11. The van der Waals surface area contributed by atoms with Crippen LogP contribution in [0.1, 0.15) is 65.4 Å². The molecule has 1 atom stereocenters. The maximum absolute atomic E-state index is 12.0. The number of thiophene rings is 1. The lowest BCUT2D eigenvalue weighted by molar-refractivity contribution is 0.0931. The van der Waals surface area contributed by atoms with Crippen LogP contribution in [0.2, 0.25) is 0 Å². The minimum absolute atomic E-state index is 0.144. The summed E-state index contributed by atoms with van der Waals surface area (Å²) in [7, 11) is 2.99. The normalized spacial score (nSPS) is 11.7. The summed E-state index contributed by atoms with van der Waals surface area (Å²) in [5, 5.41) is 12.4. The number of allylic oxidation sites excluding steroid dienone is 1. The zero-order chi connectivity index (χ0) is 25.0. The first kappa shape index (κ1) is 28.1. The van der Waals surface area contributed by atoms with Gasteiger partial charge in [0.05, 0.1) is 13.7 Å². The number of alkyl carbamates (subject to hydrolysis) is 1. The zero-order valence-electron chi connectivity index (χ0n) is 20.0. The molecule has 0 aliphatic carbocycles. The van der Waals surface area contributed by atoms with Crippen molar-refractivity contribution in [1.29, 1.82) is 0 Å². The van der Waals surface area contributed by atoms with Gasteiger partial charge < -0.3 is 19.0 Å². The Labute approximate surface area is 198 Å². The molecule has 2 N–H and O–H groups in total. The van der Waals surface area contributed by atoms with Crippen molar-refractivity contribution < 1.29 is 28.6 Å².